The lowest BCUT2D eigenvalue weighted by molar-refractivity contribution is 0.467. The van der Waals surface area contributed by atoms with Crippen molar-refractivity contribution >= 4 is 15.8 Å². The fourth-order valence-corrected chi connectivity index (χ4v) is 3.20. The van der Waals surface area contributed by atoms with Crippen molar-refractivity contribution in [2.24, 2.45) is 0 Å². The quantitative estimate of drug-likeness (QED) is 0.910. The van der Waals surface area contributed by atoms with Gasteiger partial charge in [0.05, 0.1) is 0 Å². The molecule has 1 aromatic carbocycles. The van der Waals surface area contributed by atoms with Crippen molar-refractivity contribution in [3.05, 3.63) is 41.6 Å². The van der Waals surface area contributed by atoms with Crippen molar-refractivity contribution in [2.75, 3.05) is 12.8 Å². The maximum absolute atomic E-state index is 12.5. The lowest BCUT2D eigenvalue weighted by atomic mass is 10.1. The van der Waals surface area contributed by atoms with Crippen molar-refractivity contribution < 1.29 is 8.42 Å². The Labute approximate surface area is 125 Å². The molecule has 1 heterocycles. The average Bonchev–Trinajstić information content (AvgIpc) is 2.83. The van der Waals surface area contributed by atoms with Gasteiger partial charge in [0, 0.05) is 26.3 Å². The third-order valence-electron chi connectivity index (χ3n) is 3.29. The average molecular weight is 308 g/mol. The molecule has 0 spiro atoms. The van der Waals surface area contributed by atoms with Crippen LogP contribution in [-0.2, 0) is 23.1 Å². The molecule has 2 rings (SSSR count). The van der Waals surface area contributed by atoms with Crippen LogP contribution in [0.3, 0.4) is 0 Å². The van der Waals surface area contributed by atoms with Crippen LogP contribution in [0.2, 0.25) is 0 Å². The summed E-state index contributed by atoms with van der Waals surface area (Å²) in [5.74, 6) is 0.0348. The van der Waals surface area contributed by atoms with E-state index in [4.69, 9.17) is 5.73 Å². The zero-order valence-electron chi connectivity index (χ0n) is 12.4. The zero-order valence-corrected chi connectivity index (χ0v) is 13.3. The van der Waals surface area contributed by atoms with Gasteiger partial charge in [-0.3, -0.25) is 4.68 Å². The molecule has 21 heavy (non-hydrogen) atoms. The van der Waals surface area contributed by atoms with Gasteiger partial charge in [-0.05, 0) is 19.4 Å². The van der Waals surface area contributed by atoms with Crippen LogP contribution in [0.15, 0.2) is 35.4 Å². The molecule has 114 valence electrons. The molecule has 6 nitrogen and oxygen atoms in total. The molecule has 0 fully saturated rings. The van der Waals surface area contributed by atoms with Gasteiger partial charge in [0.1, 0.15) is 4.90 Å². The molecular weight excluding hydrogens is 288 g/mol. The second-order valence-electron chi connectivity index (χ2n) is 4.98. The number of sulfonamides is 1. The Hall–Kier alpha value is -1.86. The van der Waals surface area contributed by atoms with Crippen LogP contribution in [0.4, 0.5) is 5.82 Å². The number of nitrogens with zero attached hydrogens (tertiary/aromatic N) is 3. The van der Waals surface area contributed by atoms with E-state index in [0.717, 1.165) is 11.1 Å². The summed E-state index contributed by atoms with van der Waals surface area (Å²) in [5.41, 5.74) is 7.78. The van der Waals surface area contributed by atoms with Gasteiger partial charge in [-0.15, -0.1) is 0 Å². The van der Waals surface area contributed by atoms with E-state index in [1.165, 1.54) is 22.2 Å². The molecule has 0 saturated carbocycles. The molecule has 0 atom stereocenters. The SMILES string of the molecule is CCn1cc(S(=O)(=O)N(C)Cc2ccc(C)cc2)c(N)n1. The molecule has 0 amide bonds. The monoisotopic (exact) mass is 308 g/mol. The van der Waals surface area contributed by atoms with Crippen LogP contribution in [0, 0.1) is 6.92 Å². The molecule has 0 aliphatic rings. The van der Waals surface area contributed by atoms with Crippen LogP contribution in [0.1, 0.15) is 18.1 Å². The van der Waals surface area contributed by atoms with Gasteiger partial charge in [0.25, 0.3) is 0 Å². The number of aromatic nitrogens is 2. The number of rotatable bonds is 5. The summed E-state index contributed by atoms with van der Waals surface area (Å²) in [6, 6.07) is 7.75. The fraction of sp³-hybridized carbons (Fsp3) is 0.357. The summed E-state index contributed by atoms with van der Waals surface area (Å²) in [4.78, 5) is 0.0546. The van der Waals surface area contributed by atoms with Gasteiger partial charge >= 0.3 is 0 Å². The Balaban J connectivity index is 2.25. The van der Waals surface area contributed by atoms with Gasteiger partial charge in [-0.2, -0.15) is 9.40 Å². The lowest BCUT2D eigenvalue weighted by Crippen LogP contribution is -2.26. The van der Waals surface area contributed by atoms with Crippen LogP contribution in [-0.4, -0.2) is 29.6 Å². The van der Waals surface area contributed by atoms with Crippen LogP contribution >= 0.6 is 0 Å². The van der Waals surface area contributed by atoms with Gasteiger partial charge in [-0.25, -0.2) is 8.42 Å². The molecule has 7 heteroatoms. The topological polar surface area (TPSA) is 81.2 Å². The Morgan fingerprint density at radius 2 is 1.90 bits per heavy atom. The second-order valence-corrected chi connectivity index (χ2v) is 6.99. The minimum absolute atomic E-state index is 0.0348. The Kier molecular flexibility index (Phi) is 4.34. The number of nitrogens with two attached hydrogens (primary N) is 1. The summed E-state index contributed by atoms with van der Waals surface area (Å²) in [5, 5.41) is 3.99. The van der Waals surface area contributed by atoms with E-state index in [2.05, 4.69) is 5.10 Å². The predicted molar refractivity (Wildman–Crippen MR) is 82.1 cm³/mol. The van der Waals surface area contributed by atoms with E-state index >= 15 is 0 Å². The summed E-state index contributed by atoms with van der Waals surface area (Å²) in [6.45, 7) is 4.73. The minimum Gasteiger partial charge on any atom is -0.381 e. The van der Waals surface area contributed by atoms with Crippen molar-refractivity contribution in [1.82, 2.24) is 14.1 Å². The lowest BCUT2D eigenvalue weighted by Gasteiger charge is -2.16. The second kappa shape index (κ2) is 5.87. The molecule has 0 unspecified atom stereocenters. The number of aryl methyl sites for hydroxylation is 2. The standard InChI is InChI=1S/C14H20N4O2S/c1-4-18-10-13(14(15)16-18)21(19,20)17(3)9-12-7-5-11(2)6-8-12/h5-8,10H,4,9H2,1-3H3,(H2,15,16). The zero-order chi connectivity index (χ0) is 15.6. The highest BCUT2D eigenvalue weighted by molar-refractivity contribution is 7.89. The first-order chi connectivity index (χ1) is 9.84. The van der Waals surface area contributed by atoms with E-state index < -0.39 is 10.0 Å². The smallest absolute Gasteiger partial charge is 0.248 e. The largest absolute Gasteiger partial charge is 0.381 e. The predicted octanol–water partition coefficient (Wildman–Crippen LogP) is 1.61. The highest BCUT2D eigenvalue weighted by atomic mass is 32.2. The molecule has 0 saturated heterocycles. The van der Waals surface area contributed by atoms with Crippen LogP contribution in [0.25, 0.3) is 0 Å². The molecule has 1 aromatic heterocycles. The summed E-state index contributed by atoms with van der Waals surface area (Å²) in [7, 11) is -2.10. The number of anilines is 1. The molecular formula is C14H20N4O2S. The number of hydrogen-bond acceptors (Lipinski definition) is 4. The first kappa shape index (κ1) is 15.5. The highest BCUT2D eigenvalue weighted by Crippen LogP contribution is 2.21. The van der Waals surface area contributed by atoms with Crippen molar-refractivity contribution in [3.8, 4) is 0 Å². The van der Waals surface area contributed by atoms with E-state index in [9.17, 15) is 8.42 Å². The van der Waals surface area contributed by atoms with Gasteiger partial charge in [-0.1, -0.05) is 29.8 Å². The van der Waals surface area contributed by atoms with E-state index in [-0.39, 0.29) is 10.7 Å². The Bertz CT molecular complexity index is 720. The maximum Gasteiger partial charge on any atom is 0.248 e. The van der Waals surface area contributed by atoms with E-state index in [0.29, 0.717) is 13.1 Å². The van der Waals surface area contributed by atoms with Crippen molar-refractivity contribution in [3.63, 3.8) is 0 Å². The Morgan fingerprint density at radius 1 is 1.29 bits per heavy atom. The Morgan fingerprint density at radius 3 is 2.43 bits per heavy atom. The molecule has 0 aliphatic heterocycles. The van der Waals surface area contributed by atoms with E-state index in [1.807, 2.05) is 38.1 Å². The molecule has 2 aromatic rings. The molecule has 0 bridgehead atoms. The molecule has 2 N–H and O–H groups in total. The number of hydrogen-bond donors (Lipinski definition) is 1. The first-order valence-electron chi connectivity index (χ1n) is 6.69. The fourth-order valence-electron chi connectivity index (χ4n) is 1.98. The molecule has 0 radical (unpaired) electrons. The maximum atomic E-state index is 12.5. The summed E-state index contributed by atoms with van der Waals surface area (Å²) in [6.07, 6.45) is 1.47. The summed E-state index contributed by atoms with van der Waals surface area (Å²) >= 11 is 0. The van der Waals surface area contributed by atoms with Gasteiger partial charge < -0.3 is 5.73 Å². The number of benzene rings is 1. The van der Waals surface area contributed by atoms with Crippen LogP contribution < -0.4 is 5.73 Å². The highest BCUT2D eigenvalue weighted by Gasteiger charge is 2.26. The van der Waals surface area contributed by atoms with E-state index in [1.54, 1.807) is 0 Å². The van der Waals surface area contributed by atoms with Crippen molar-refractivity contribution in [2.45, 2.75) is 31.8 Å². The summed E-state index contributed by atoms with van der Waals surface area (Å²) < 4.78 is 27.9. The van der Waals surface area contributed by atoms with Gasteiger partial charge in [0.15, 0.2) is 5.82 Å². The number of nitrogen functional groups attached to an aromatic ring is 1. The third kappa shape index (κ3) is 3.25. The molecule has 0 aliphatic carbocycles. The minimum atomic E-state index is -3.64. The van der Waals surface area contributed by atoms with Crippen molar-refractivity contribution in [1.29, 1.82) is 0 Å². The first-order valence-corrected chi connectivity index (χ1v) is 8.13. The third-order valence-corrected chi connectivity index (χ3v) is 5.11. The normalized spacial score (nSPS) is 12.0. The van der Waals surface area contributed by atoms with Crippen LogP contribution in [0.5, 0.6) is 0 Å². The van der Waals surface area contributed by atoms with Gasteiger partial charge in [0.2, 0.25) is 10.0 Å².